The number of phenolic OH excluding ortho intramolecular Hbond substituents is 2. The zero-order chi connectivity index (χ0) is 21.6. The Morgan fingerprint density at radius 1 is 0.793 bits per heavy atom. The van der Waals surface area contributed by atoms with Gasteiger partial charge in [0.05, 0.1) is 15.1 Å². The van der Waals surface area contributed by atoms with Crippen LogP contribution in [0, 0.1) is 0 Å². The van der Waals surface area contributed by atoms with E-state index in [0.717, 1.165) is 6.07 Å². The molecule has 1 unspecified atom stereocenters. The molecular formula is C19H12Cl4O5S. The molecule has 3 aromatic carbocycles. The summed E-state index contributed by atoms with van der Waals surface area (Å²) < 4.78 is 33.9. The van der Waals surface area contributed by atoms with Crippen molar-refractivity contribution in [3.63, 3.8) is 0 Å². The number of hydrogen-bond acceptors (Lipinski definition) is 4. The molecule has 0 bridgehead atoms. The number of hydrogen-bond donors (Lipinski definition) is 3. The Morgan fingerprint density at radius 3 is 2.03 bits per heavy atom. The largest absolute Gasteiger partial charge is 0.508 e. The first-order chi connectivity index (χ1) is 13.5. The highest BCUT2D eigenvalue weighted by Gasteiger charge is 2.53. The summed E-state index contributed by atoms with van der Waals surface area (Å²) in [7, 11) is -5.16. The maximum atomic E-state index is 13.0. The third kappa shape index (κ3) is 3.54. The predicted molar refractivity (Wildman–Crippen MR) is 114 cm³/mol. The number of rotatable bonds is 4. The summed E-state index contributed by atoms with van der Waals surface area (Å²) >= 11 is 24.5. The average Bonchev–Trinajstić information content (AvgIpc) is 2.63. The van der Waals surface area contributed by atoms with E-state index in [0.29, 0.717) is 0 Å². The lowest BCUT2D eigenvalue weighted by atomic mass is 9.83. The van der Waals surface area contributed by atoms with Gasteiger partial charge in [0.25, 0.3) is 10.1 Å². The molecule has 0 heterocycles. The standard InChI is InChI=1S/C19H12Cl4O5S/c20-11-5-3-4-10(8-11)19(29(26,27)28,12-6-1-2-7-14(12)24)16-15(25)9-13(21)17(22)18(16)23/h1-9,24-25H,(H,26,27,28). The molecule has 0 aromatic heterocycles. The topological polar surface area (TPSA) is 94.8 Å². The Hall–Kier alpha value is -1.67. The van der Waals surface area contributed by atoms with Crippen molar-refractivity contribution < 1.29 is 23.2 Å². The van der Waals surface area contributed by atoms with Crippen LogP contribution < -0.4 is 0 Å². The van der Waals surface area contributed by atoms with E-state index in [-0.39, 0.29) is 26.2 Å². The van der Waals surface area contributed by atoms with E-state index < -0.39 is 37.0 Å². The number of benzene rings is 3. The second-order valence-electron chi connectivity index (χ2n) is 6.06. The van der Waals surface area contributed by atoms with Gasteiger partial charge in [0.1, 0.15) is 11.5 Å². The van der Waals surface area contributed by atoms with Crippen molar-refractivity contribution in [1.82, 2.24) is 0 Å². The maximum Gasteiger partial charge on any atom is 0.283 e. The minimum atomic E-state index is -5.16. The zero-order valence-electron chi connectivity index (χ0n) is 14.3. The molecule has 0 saturated carbocycles. The lowest BCUT2D eigenvalue weighted by molar-refractivity contribution is 0.428. The van der Waals surface area contributed by atoms with E-state index in [1.807, 2.05) is 0 Å². The van der Waals surface area contributed by atoms with Crippen molar-refractivity contribution in [2.45, 2.75) is 4.75 Å². The van der Waals surface area contributed by atoms with Gasteiger partial charge in [0.2, 0.25) is 0 Å². The van der Waals surface area contributed by atoms with Crippen molar-refractivity contribution >= 4 is 56.5 Å². The monoisotopic (exact) mass is 492 g/mol. The number of halogens is 4. The first kappa shape index (κ1) is 22.0. The van der Waals surface area contributed by atoms with Crippen molar-refractivity contribution in [2.24, 2.45) is 0 Å². The zero-order valence-corrected chi connectivity index (χ0v) is 18.1. The molecule has 0 amide bonds. The van der Waals surface area contributed by atoms with Crippen LogP contribution in [0.1, 0.15) is 16.7 Å². The van der Waals surface area contributed by atoms with E-state index in [9.17, 15) is 23.2 Å². The van der Waals surface area contributed by atoms with Crippen molar-refractivity contribution in [3.05, 3.63) is 91.4 Å². The molecule has 10 heteroatoms. The summed E-state index contributed by atoms with van der Waals surface area (Å²) in [4.78, 5) is 0. The fourth-order valence-electron chi connectivity index (χ4n) is 3.25. The number of aromatic hydroxyl groups is 2. The fraction of sp³-hybridized carbons (Fsp3) is 0.0526. The van der Waals surface area contributed by atoms with Gasteiger partial charge >= 0.3 is 0 Å². The average molecular weight is 494 g/mol. The van der Waals surface area contributed by atoms with Crippen LogP contribution in [-0.4, -0.2) is 23.2 Å². The Morgan fingerprint density at radius 2 is 1.45 bits per heavy atom. The molecule has 29 heavy (non-hydrogen) atoms. The predicted octanol–water partition coefficient (Wildman–Crippen LogP) is 5.89. The third-order valence-electron chi connectivity index (χ3n) is 4.39. The molecule has 1 atom stereocenters. The SMILES string of the molecule is O=S(=O)(O)C(c1cccc(Cl)c1)(c1ccccc1O)c1c(O)cc(Cl)c(Cl)c1Cl. The summed E-state index contributed by atoms with van der Waals surface area (Å²) in [5.41, 5.74) is -0.857. The first-order valence-electron chi connectivity index (χ1n) is 7.90. The quantitative estimate of drug-likeness (QED) is 0.239. The van der Waals surface area contributed by atoms with Gasteiger partial charge in [-0.3, -0.25) is 4.55 Å². The van der Waals surface area contributed by atoms with Gasteiger partial charge in [-0.2, -0.15) is 8.42 Å². The highest BCUT2D eigenvalue weighted by Crippen LogP contribution is 2.54. The second-order valence-corrected chi connectivity index (χ2v) is 9.23. The Bertz CT molecular complexity index is 1210. The lowest BCUT2D eigenvalue weighted by Gasteiger charge is -2.34. The van der Waals surface area contributed by atoms with E-state index in [4.69, 9.17) is 46.4 Å². The molecule has 0 spiro atoms. The summed E-state index contributed by atoms with van der Waals surface area (Å²) in [5, 5.41) is 20.5. The van der Waals surface area contributed by atoms with E-state index in [1.165, 1.54) is 48.5 Å². The summed E-state index contributed by atoms with van der Waals surface area (Å²) in [6.07, 6.45) is 0. The van der Waals surface area contributed by atoms with Crippen molar-refractivity contribution in [1.29, 1.82) is 0 Å². The molecule has 5 nitrogen and oxygen atoms in total. The van der Waals surface area contributed by atoms with E-state index in [2.05, 4.69) is 0 Å². The smallest absolute Gasteiger partial charge is 0.283 e. The molecule has 3 rings (SSSR count). The van der Waals surface area contributed by atoms with Gasteiger partial charge in [0, 0.05) is 22.2 Å². The molecule has 0 aliphatic heterocycles. The van der Waals surface area contributed by atoms with Crippen LogP contribution in [-0.2, 0) is 14.9 Å². The number of para-hydroxylation sites is 1. The highest BCUT2D eigenvalue weighted by molar-refractivity contribution is 7.87. The molecule has 0 aliphatic rings. The van der Waals surface area contributed by atoms with Crippen LogP contribution >= 0.6 is 46.4 Å². The number of phenols is 2. The lowest BCUT2D eigenvalue weighted by Crippen LogP contribution is -2.38. The van der Waals surface area contributed by atoms with Crippen molar-refractivity contribution in [2.75, 3.05) is 0 Å². The van der Waals surface area contributed by atoms with Crippen molar-refractivity contribution in [3.8, 4) is 11.5 Å². The summed E-state index contributed by atoms with van der Waals surface area (Å²) in [6, 6.07) is 11.9. The second kappa shape index (κ2) is 7.87. The van der Waals surface area contributed by atoms with Crippen LogP contribution in [0.3, 0.4) is 0 Å². The molecular weight excluding hydrogens is 482 g/mol. The van der Waals surface area contributed by atoms with Gasteiger partial charge in [-0.15, -0.1) is 0 Å². The fourth-order valence-corrected chi connectivity index (χ4v) is 5.57. The van der Waals surface area contributed by atoms with Gasteiger partial charge in [-0.1, -0.05) is 76.7 Å². The Balaban J connectivity index is 2.67. The van der Waals surface area contributed by atoms with Crippen LogP contribution in [0.15, 0.2) is 54.6 Å². The molecule has 152 valence electrons. The third-order valence-corrected chi connectivity index (χ3v) is 7.33. The Labute approximate surface area is 186 Å². The normalized spacial score (nSPS) is 13.8. The summed E-state index contributed by atoms with van der Waals surface area (Å²) in [5.74, 6) is -1.14. The molecule has 0 radical (unpaired) electrons. The van der Waals surface area contributed by atoms with Crippen LogP contribution in [0.4, 0.5) is 0 Å². The minimum absolute atomic E-state index is 0.0930. The highest BCUT2D eigenvalue weighted by atomic mass is 35.5. The molecule has 0 aliphatic carbocycles. The van der Waals surface area contributed by atoms with Gasteiger partial charge < -0.3 is 10.2 Å². The van der Waals surface area contributed by atoms with Crippen LogP contribution in [0.5, 0.6) is 11.5 Å². The molecule has 3 aromatic rings. The van der Waals surface area contributed by atoms with Gasteiger partial charge in [-0.25, -0.2) is 0 Å². The summed E-state index contributed by atoms with van der Waals surface area (Å²) in [6.45, 7) is 0. The van der Waals surface area contributed by atoms with Crippen LogP contribution in [0.25, 0.3) is 0 Å². The van der Waals surface area contributed by atoms with Crippen LogP contribution in [0.2, 0.25) is 20.1 Å². The first-order valence-corrected chi connectivity index (χ1v) is 10.9. The Kier molecular flexibility index (Phi) is 5.98. The minimum Gasteiger partial charge on any atom is -0.508 e. The maximum absolute atomic E-state index is 13.0. The molecule has 0 fully saturated rings. The van der Waals surface area contributed by atoms with E-state index >= 15 is 0 Å². The van der Waals surface area contributed by atoms with Gasteiger partial charge in [0.15, 0.2) is 4.75 Å². The van der Waals surface area contributed by atoms with Gasteiger partial charge in [-0.05, 0) is 23.8 Å². The molecule has 3 N–H and O–H groups in total. The van der Waals surface area contributed by atoms with E-state index in [1.54, 1.807) is 0 Å². The molecule has 0 saturated heterocycles.